The minimum Gasteiger partial charge on any atom is -0.507 e. The number of halogens is 1. The summed E-state index contributed by atoms with van der Waals surface area (Å²) < 4.78 is 5.82. The second kappa shape index (κ2) is 10.1. The minimum atomic E-state index is -0.302. The number of ether oxygens (including phenoxy) is 1. The van der Waals surface area contributed by atoms with Crippen molar-refractivity contribution in [3.8, 4) is 11.5 Å². The zero-order valence-corrected chi connectivity index (χ0v) is 23.4. The number of hydrogen-bond acceptors (Lipinski definition) is 4. The van der Waals surface area contributed by atoms with E-state index in [-0.39, 0.29) is 45.9 Å². The molecule has 0 atom stereocenters. The van der Waals surface area contributed by atoms with Crippen LogP contribution >= 0.6 is 17.0 Å². The molecule has 0 bridgehead atoms. The van der Waals surface area contributed by atoms with Crippen LogP contribution in [-0.4, -0.2) is 34.8 Å². The van der Waals surface area contributed by atoms with Gasteiger partial charge >= 0.3 is 0 Å². The van der Waals surface area contributed by atoms with E-state index < -0.39 is 0 Å². The highest BCUT2D eigenvalue weighted by Gasteiger charge is 2.30. The number of Topliss-reactive ketones (excluding diaryl/α,β-unsaturated/α-hetero) is 1. The molecule has 3 rings (SSSR count). The van der Waals surface area contributed by atoms with Crippen LogP contribution in [0.15, 0.2) is 30.3 Å². The molecule has 6 heteroatoms. The summed E-state index contributed by atoms with van der Waals surface area (Å²) in [6.07, 6.45) is 0. The number of aromatic hydroxyl groups is 1. The molecule has 0 amide bonds. The fourth-order valence-electron chi connectivity index (χ4n) is 4.06. The largest absolute Gasteiger partial charge is 0.507 e. The number of benzene rings is 2. The zero-order chi connectivity index (χ0) is 24.7. The van der Waals surface area contributed by atoms with Crippen LogP contribution < -0.4 is 4.74 Å². The van der Waals surface area contributed by atoms with Gasteiger partial charge in [-0.25, -0.2) is 0 Å². The van der Waals surface area contributed by atoms with E-state index in [4.69, 9.17) is 10.1 Å². The van der Waals surface area contributed by atoms with Crippen LogP contribution in [-0.2, 0) is 17.4 Å². The van der Waals surface area contributed by atoms with Gasteiger partial charge in [0.05, 0.1) is 13.2 Å². The predicted octanol–water partition coefficient (Wildman–Crippen LogP) is 6.62. The van der Waals surface area contributed by atoms with Gasteiger partial charge in [-0.05, 0) is 46.6 Å². The smallest absolute Gasteiger partial charge is 0.182 e. The molecule has 0 radical (unpaired) electrons. The molecule has 0 aromatic heterocycles. The number of phenolic OH excluding ortho intramolecular Hbond substituents is 1. The number of amidine groups is 1. The molecule has 2 aromatic carbocycles. The Morgan fingerprint density at radius 3 is 2.12 bits per heavy atom. The Morgan fingerprint density at radius 2 is 1.62 bits per heavy atom. The lowest BCUT2D eigenvalue weighted by molar-refractivity contribution is 0.0962. The molecule has 0 aliphatic carbocycles. The van der Waals surface area contributed by atoms with Crippen LogP contribution in [0.5, 0.6) is 11.5 Å². The number of rotatable bonds is 6. The average Bonchev–Trinajstić information content (AvgIpc) is 2.99. The lowest BCUT2D eigenvalue weighted by Gasteiger charge is -2.28. The Labute approximate surface area is 214 Å². The number of fused-ring (bicyclic) bond motifs is 1. The van der Waals surface area contributed by atoms with Crippen LogP contribution in [0.3, 0.4) is 0 Å². The van der Waals surface area contributed by atoms with Gasteiger partial charge in [-0.3, -0.25) is 10.2 Å². The summed E-state index contributed by atoms with van der Waals surface area (Å²) in [4.78, 5) is 15.2. The van der Waals surface area contributed by atoms with Crippen molar-refractivity contribution < 1.29 is 14.6 Å². The normalized spacial score (nSPS) is 13.7. The third kappa shape index (κ3) is 6.01. The molecule has 186 valence electrons. The SMILES string of the molecule is Br.CC(C)COc1ccc2c(c1)C(=N)N(CC(=O)c1cc(C(C)(C)C)c(O)c(C(C)(C)C)c1)C2. The molecule has 34 heavy (non-hydrogen) atoms. The monoisotopic (exact) mass is 530 g/mol. The van der Waals surface area contributed by atoms with Crippen molar-refractivity contribution in [2.75, 3.05) is 13.2 Å². The van der Waals surface area contributed by atoms with Crippen LogP contribution in [0.2, 0.25) is 0 Å². The number of phenols is 1. The Kier molecular flexibility index (Phi) is 8.29. The maximum atomic E-state index is 13.4. The van der Waals surface area contributed by atoms with Crippen molar-refractivity contribution in [1.82, 2.24) is 4.90 Å². The van der Waals surface area contributed by atoms with Gasteiger partial charge in [-0.2, -0.15) is 0 Å². The highest BCUT2D eigenvalue weighted by Crippen LogP contribution is 2.40. The lowest BCUT2D eigenvalue weighted by Crippen LogP contribution is -2.30. The first-order valence-corrected chi connectivity index (χ1v) is 11.7. The standard InChI is InChI=1S/C28H38N2O3.BrH/c1-17(2)16-33-20-10-9-18-14-30(26(29)21(18)13-20)15-24(31)19-11-22(27(3,4)5)25(32)23(12-19)28(6,7)8;/h9-13,17,29,32H,14-16H2,1-8H3;1H. The van der Waals surface area contributed by atoms with Gasteiger partial charge in [-0.15, -0.1) is 17.0 Å². The molecule has 5 nitrogen and oxygen atoms in total. The second-order valence-electron chi connectivity index (χ2n) is 11.6. The summed E-state index contributed by atoms with van der Waals surface area (Å²) in [6.45, 7) is 17.7. The fourth-order valence-corrected chi connectivity index (χ4v) is 4.06. The third-order valence-corrected chi connectivity index (χ3v) is 5.98. The van der Waals surface area contributed by atoms with Gasteiger partial charge in [0.15, 0.2) is 5.78 Å². The molecule has 1 heterocycles. The highest BCUT2D eigenvalue weighted by atomic mass is 79.9. The van der Waals surface area contributed by atoms with E-state index in [1.54, 1.807) is 4.90 Å². The molecule has 0 fully saturated rings. The highest BCUT2D eigenvalue weighted by molar-refractivity contribution is 8.93. The van der Waals surface area contributed by atoms with Crippen LogP contribution in [0.4, 0.5) is 0 Å². The predicted molar refractivity (Wildman–Crippen MR) is 144 cm³/mol. The molecular weight excluding hydrogens is 492 g/mol. The van der Waals surface area contributed by atoms with E-state index in [1.807, 2.05) is 71.9 Å². The van der Waals surface area contributed by atoms with Crippen molar-refractivity contribution in [1.29, 1.82) is 5.41 Å². The maximum Gasteiger partial charge on any atom is 0.182 e. The molecular formula is C28H39BrN2O3. The average molecular weight is 532 g/mol. The number of carbonyl (C=O) groups is 1. The topological polar surface area (TPSA) is 73.6 Å². The molecule has 0 saturated carbocycles. The molecule has 0 spiro atoms. The van der Waals surface area contributed by atoms with E-state index in [1.165, 1.54) is 0 Å². The van der Waals surface area contributed by atoms with E-state index in [0.717, 1.165) is 28.0 Å². The lowest BCUT2D eigenvalue weighted by atomic mass is 9.78. The third-order valence-electron chi connectivity index (χ3n) is 5.98. The van der Waals surface area contributed by atoms with Crippen LogP contribution in [0.1, 0.15) is 88.0 Å². The quantitative estimate of drug-likeness (QED) is 0.411. The van der Waals surface area contributed by atoms with Crippen molar-refractivity contribution in [3.05, 3.63) is 58.1 Å². The molecule has 1 aliphatic rings. The fraction of sp³-hybridized carbons (Fsp3) is 0.500. The molecule has 0 saturated heterocycles. The Balaban J connectivity index is 0.00000408. The number of nitrogens with one attached hydrogen (secondary N) is 1. The maximum absolute atomic E-state index is 13.4. The number of carbonyl (C=O) groups excluding carboxylic acids is 1. The van der Waals surface area contributed by atoms with Crippen LogP contribution in [0, 0.1) is 11.3 Å². The van der Waals surface area contributed by atoms with Gasteiger partial charge in [0.25, 0.3) is 0 Å². The molecule has 1 aliphatic heterocycles. The van der Waals surface area contributed by atoms with E-state index in [9.17, 15) is 9.90 Å². The number of ketones is 1. The molecule has 2 aromatic rings. The van der Waals surface area contributed by atoms with Gasteiger partial charge in [0.1, 0.15) is 17.3 Å². The summed E-state index contributed by atoms with van der Waals surface area (Å²) in [5.41, 5.74) is 3.36. The van der Waals surface area contributed by atoms with Crippen molar-refractivity contribution in [2.24, 2.45) is 5.92 Å². The first-order chi connectivity index (χ1) is 15.2. The van der Waals surface area contributed by atoms with Gasteiger partial charge in [-0.1, -0.05) is 61.5 Å². The first-order valence-electron chi connectivity index (χ1n) is 11.7. The van der Waals surface area contributed by atoms with E-state index in [0.29, 0.717) is 30.5 Å². The number of nitrogens with zero attached hydrogens (tertiary/aromatic N) is 1. The summed E-state index contributed by atoms with van der Waals surface area (Å²) in [6, 6.07) is 9.46. The van der Waals surface area contributed by atoms with Gasteiger partial charge in [0.2, 0.25) is 0 Å². The summed E-state index contributed by atoms with van der Waals surface area (Å²) in [7, 11) is 0. The first kappa shape index (κ1) is 27.9. The van der Waals surface area contributed by atoms with Gasteiger partial charge in [0, 0.05) is 28.8 Å². The van der Waals surface area contributed by atoms with Crippen LogP contribution in [0.25, 0.3) is 0 Å². The summed E-state index contributed by atoms with van der Waals surface area (Å²) in [5.74, 6) is 1.73. The van der Waals surface area contributed by atoms with Crippen molar-refractivity contribution >= 4 is 28.6 Å². The molecule has 2 N–H and O–H groups in total. The van der Waals surface area contributed by atoms with Crippen molar-refractivity contribution in [3.63, 3.8) is 0 Å². The van der Waals surface area contributed by atoms with Gasteiger partial charge < -0.3 is 14.7 Å². The van der Waals surface area contributed by atoms with Crippen molar-refractivity contribution in [2.45, 2.75) is 72.8 Å². The minimum absolute atomic E-state index is 0. The Morgan fingerprint density at radius 1 is 1.06 bits per heavy atom. The summed E-state index contributed by atoms with van der Waals surface area (Å²) in [5, 5.41) is 19.6. The Bertz CT molecular complexity index is 1040. The van der Waals surface area contributed by atoms with E-state index >= 15 is 0 Å². The zero-order valence-electron chi connectivity index (χ0n) is 21.7. The van der Waals surface area contributed by atoms with E-state index in [2.05, 4.69) is 13.8 Å². The second-order valence-corrected chi connectivity index (χ2v) is 11.6. The summed E-state index contributed by atoms with van der Waals surface area (Å²) >= 11 is 0. The number of hydrogen-bond donors (Lipinski definition) is 2. The molecule has 0 unspecified atom stereocenters. The Hall–Kier alpha value is -2.34.